The monoisotopic (exact) mass is 274 g/mol. The number of ether oxygens (including phenoxy) is 1. The lowest BCUT2D eigenvalue weighted by Crippen LogP contribution is -2.29. The van der Waals surface area contributed by atoms with Crippen molar-refractivity contribution in [3.8, 4) is 5.75 Å². The van der Waals surface area contributed by atoms with E-state index in [0.29, 0.717) is 12.0 Å². The Labute approximate surface area is 118 Å². The van der Waals surface area contributed by atoms with E-state index in [2.05, 4.69) is 5.43 Å². The summed E-state index contributed by atoms with van der Waals surface area (Å²) in [5.41, 5.74) is 5.40. The minimum absolute atomic E-state index is 0.165. The van der Waals surface area contributed by atoms with Crippen molar-refractivity contribution in [1.29, 1.82) is 0 Å². The van der Waals surface area contributed by atoms with Crippen molar-refractivity contribution in [3.05, 3.63) is 65.0 Å². The zero-order valence-corrected chi connectivity index (χ0v) is 11.7. The van der Waals surface area contributed by atoms with Gasteiger partial charge in [0.2, 0.25) is 0 Å². The molecule has 2 aromatic rings. The topological polar surface area (TPSA) is 47.3 Å². The van der Waals surface area contributed by atoms with E-state index in [1.54, 1.807) is 19.2 Å². The van der Waals surface area contributed by atoms with Crippen LogP contribution >= 0.6 is 0 Å². The first-order chi connectivity index (χ1) is 9.65. The van der Waals surface area contributed by atoms with Crippen molar-refractivity contribution in [2.75, 3.05) is 7.11 Å². The molecule has 0 amide bonds. The fraction of sp³-hybridized carbons (Fsp3) is 0.250. The van der Waals surface area contributed by atoms with Crippen molar-refractivity contribution < 1.29 is 9.13 Å². The van der Waals surface area contributed by atoms with Crippen LogP contribution in [0.3, 0.4) is 0 Å². The lowest BCUT2D eigenvalue weighted by molar-refractivity contribution is 0.409. The number of hydrogen-bond acceptors (Lipinski definition) is 3. The van der Waals surface area contributed by atoms with E-state index < -0.39 is 0 Å². The average molecular weight is 274 g/mol. The van der Waals surface area contributed by atoms with E-state index in [4.69, 9.17) is 10.6 Å². The van der Waals surface area contributed by atoms with Gasteiger partial charge < -0.3 is 4.74 Å². The molecule has 20 heavy (non-hydrogen) atoms. The summed E-state index contributed by atoms with van der Waals surface area (Å²) in [5.74, 6) is 6.21. The molecule has 2 aromatic carbocycles. The Morgan fingerprint density at radius 2 is 2.00 bits per heavy atom. The van der Waals surface area contributed by atoms with Crippen LogP contribution in [-0.4, -0.2) is 7.11 Å². The maximum atomic E-state index is 13.7. The summed E-state index contributed by atoms with van der Waals surface area (Å²) < 4.78 is 19.0. The molecule has 2 rings (SSSR count). The number of nitrogens with two attached hydrogens (primary N) is 1. The van der Waals surface area contributed by atoms with Crippen LogP contribution < -0.4 is 16.0 Å². The number of nitrogens with one attached hydrogen (secondary N) is 1. The van der Waals surface area contributed by atoms with Crippen LogP contribution in [0.25, 0.3) is 0 Å². The van der Waals surface area contributed by atoms with E-state index in [9.17, 15) is 4.39 Å². The molecule has 0 saturated heterocycles. The minimum Gasteiger partial charge on any atom is -0.496 e. The first-order valence-corrected chi connectivity index (χ1v) is 6.49. The van der Waals surface area contributed by atoms with Crippen molar-refractivity contribution in [2.24, 2.45) is 5.84 Å². The van der Waals surface area contributed by atoms with Gasteiger partial charge in [0, 0.05) is 0 Å². The lowest BCUT2D eigenvalue weighted by atomic mass is 9.98. The second-order valence-corrected chi connectivity index (χ2v) is 4.74. The Kier molecular flexibility index (Phi) is 4.71. The number of hydrazine groups is 1. The van der Waals surface area contributed by atoms with E-state index in [1.807, 2.05) is 31.2 Å². The molecule has 106 valence electrons. The summed E-state index contributed by atoms with van der Waals surface area (Å²) in [4.78, 5) is 0. The molecule has 4 heteroatoms. The first-order valence-electron chi connectivity index (χ1n) is 6.49. The zero-order valence-electron chi connectivity index (χ0n) is 11.7. The molecule has 0 aliphatic carbocycles. The lowest BCUT2D eigenvalue weighted by Gasteiger charge is -2.18. The van der Waals surface area contributed by atoms with Gasteiger partial charge >= 0.3 is 0 Å². The van der Waals surface area contributed by atoms with Crippen LogP contribution in [-0.2, 0) is 6.42 Å². The van der Waals surface area contributed by atoms with Crippen LogP contribution in [0.1, 0.15) is 22.7 Å². The Balaban J connectivity index is 2.26. The second kappa shape index (κ2) is 6.50. The molecule has 0 spiro atoms. The molecule has 1 atom stereocenters. The molecular formula is C16H19FN2O. The number of methoxy groups -OCH3 is 1. The van der Waals surface area contributed by atoms with Gasteiger partial charge in [-0.1, -0.05) is 30.3 Å². The maximum Gasteiger partial charge on any atom is 0.126 e. The van der Waals surface area contributed by atoms with Crippen molar-refractivity contribution in [1.82, 2.24) is 5.43 Å². The molecule has 0 heterocycles. The first kappa shape index (κ1) is 14.5. The summed E-state index contributed by atoms with van der Waals surface area (Å²) in [7, 11) is 1.63. The van der Waals surface area contributed by atoms with Crippen molar-refractivity contribution in [2.45, 2.75) is 19.4 Å². The van der Waals surface area contributed by atoms with Gasteiger partial charge in [-0.25, -0.2) is 4.39 Å². The summed E-state index contributed by atoms with van der Waals surface area (Å²) >= 11 is 0. The molecule has 3 N–H and O–H groups in total. The normalized spacial score (nSPS) is 12.2. The molecular weight excluding hydrogens is 255 g/mol. The maximum absolute atomic E-state index is 13.7. The second-order valence-electron chi connectivity index (χ2n) is 4.74. The van der Waals surface area contributed by atoms with Gasteiger partial charge in [0.15, 0.2) is 0 Å². The summed E-state index contributed by atoms with van der Waals surface area (Å²) in [6, 6.07) is 12.4. The number of benzene rings is 2. The van der Waals surface area contributed by atoms with Gasteiger partial charge in [-0.2, -0.15) is 0 Å². The standard InChI is InChI=1S/C16H19FN2O/c1-11-7-8-13(10-16(11)20-2)15(19-18)9-12-5-3-4-6-14(12)17/h3-8,10,15,19H,9,18H2,1-2H3. The van der Waals surface area contributed by atoms with E-state index in [-0.39, 0.29) is 11.9 Å². The van der Waals surface area contributed by atoms with Gasteiger partial charge in [-0.05, 0) is 42.2 Å². The number of halogens is 1. The average Bonchev–Trinajstić information content (AvgIpc) is 2.47. The summed E-state index contributed by atoms with van der Waals surface area (Å²) in [6.07, 6.45) is 0.482. The van der Waals surface area contributed by atoms with E-state index in [1.165, 1.54) is 6.07 Å². The molecule has 0 radical (unpaired) electrons. The molecule has 0 saturated carbocycles. The Hall–Kier alpha value is -1.91. The third-order valence-electron chi connectivity index (χ3n) is 3.42. The van der Waals surface area contributed by atoms with Crippen LogP contribution in [0.4, 0.5) is 4.39 Å². The van der Waals surface area contributed by atoms with E-state index in [0.717, 1.165) is 16.9 Å². The van der Waals surface area contributed by atoms with Crippen LogP contribution in [0.2, 0.25) is 0 Å². The number of aryl methyl sites for hydroxylation is 1. The zero-order chi connectivity index (χ0) is 14.5. The summed E-state index contributed by atoms with van der Waals surface area (Å²) in [5, 5.41) is 0. The van der Waals surface area contributed by atoms with Crippen LogP contribution in [0.15, 0.2) is 42.5 Å². The van der Waals surface area contributed by atoms with Gasteiger partial charge in [0.1, 0.15) is 11.6 Å². The highest BCUT2D eigenvalue weighted by molar-refractivity contribution is 5.38. The molecule has 0 aromatic heterocycles. The quantitative estimate of drug-likeness (QED) is 0.651. The van der Waals surface area contributed by atoms with Gasteiger partial charge in [0.25, 0.3) is 0 Å². The number of rotatable bonds is 5. The van der Waals surface area contributed by atoms with E-state index >= 15 is 0 Å². The SMILES string of the molecule is COc1cc(C(Cc2ccccc2F)NN)ccc1C. The fourth-order valence-corrected chi connectivity index (χ4v) is 2.21. The predicted molar refractivity (Wildman–Crippen MR) is 77.9 cm³/mol. The Morgan fingerprint density at radius 3 is 2.65 bits per heavy atom. The van der Waals surface area contributed by atoms with Gasteiger partial charge in [0.05, 0.1) is 13.2 Å². The van der Waals surface area contributed by atoms with Crippen LogP contribution in [0.5, 0.6) is 5.75 Å². The third-order valence-corrected chi connectivity index (χ3v) is 3.42. The van der Waals surface area contributed by atoms with Crippen molar-refractivity contribution >= 4 is 0 Å². The summed E-state index contributed by atoms with van der Waals surface area (Å²) in [6.45, 7) is 1.98. The van der Waals surface area contributed by atoms with Crippen LogP contribution in [0, 0.1) is 12.7 Å². The molecule has 0 fully saturated rings. The smallest absolute Gasteiger partial charge is 0.126 e. The van der Waals surface area contributed by atoms with Gasteiger partial charge in [-0.3, -0.25) is 11.3 Å². The minimum atomic E-state index is -0.216. The number of hydrogen-bond donors (Lipinski definition) is 2. The molecule has 0 aliphatic rings. The van der Waals surface area contributed by atoms with Gasteiger partial charge in [-0.15, -0.1) is 0 Å². The molecule has 0 bridgehead atoms. The van der Waals surface area contributed by atoms with Crippen molar-refractivity contribution in [3.63, 3.8) is 0 Å². The Bertz CT molecular complexity index is 586. The largest absolute Gasteiger partial charge is 0.496 e. The molecule has 1 unspecified atom stereocenters. The Morgan fingerprint density at radius 1 is 1.25 bits per heavy atom. The third kappa shape index (κ3) is 3.15. The highest BCUT2D eigenvalue weighted by Gasteiger charge is 2.14. The molecule has 3 nitrogen and oxygen atoms in total. The highest BCUT2D eigenvalue weighted by atomic mass is 19.1. The highest BCUT2D eigenvalue weighted by Crippen LogP contribution is 2.25. The fourth-order valence-electron chi connectivity index (χ4n) is 2.21. The molecule has 0 aliphatic heterocycles. The predicted octanol–water partition coefficient (Wildman–Crippen LogP) is 2.89.